The molecule has 7 nitrogen and oxygen atoms in total. The molecule has 1 aliphatic heterocycles. The van der Waals surface area contributed by atoms with Gasteiger partial charge in [0.15, 0.2) is 15.7 Å². The molecular weight excluding hydrogens is 407 g/mol. The van der Waals surface area contributed by atoms with Gasteiger partial charge in [-0.05, 0) is 55.3 Å². The van der Waals surface area contributed by atoms with E-state index in [1.165, 1.54) is 30.3 Å². The van der Waals surface area contributed by atoms with Crippen molar-refractivity contribution in [3.05, 3.63) is 59.7 Å². The maximum atomic E-state index is 14.4. The van der Waals surface area contributed by atoms with Gasteiger partial charge in [0.2, 0.25) is 0 Å². The molecule has 1 aliphatic rings. The van der Waals surface area contributed by atoms with E-state index >= 15 is 0 Å². The zero-order chi connectivity index (χ0) is 21.3. The van der Waals surface area contributed by atoms with E-state index in [-0.39, 0.29) is 16.1 Å². The molecule has 0 saturated heterocycles. The van der Waals surface area contributed by atoms with Crippen molar-refractivity contribution in [2.75, 3.05) is 11.6 Å². The first-order valence-electron chi connectivity index (χ1n) is 9.66. The van der Waals surface area contributed by atoms with Gasteiger partial charge < -0.3 is 9.88 Å². The number of nitrogens with one attached hydrogen (secondary N) is 1. The predicted octanol–water partition coefficient (Wildman–Crippen LogP) is 3.47. The molecular formula is C21H21FN4O3S. The number of hydrogen-bond donors (Lipinski definition) is 1. The second-order valence-corrected chi connectivity index (χ2v) is 9.36. The number of hydrogen-bond acceptors (Lipinski definition) is 5. The van der Waals surface area contributed by atoms with Crippen LogP contribution in [0.4, 0.5) is 10.1 Å². The monoisotopic (exact) mass is 428 g/mol. The molecule has 2 aromatic carbocycles. The number of fused-ring (bicyclic) bond motifs is 1. The van der Waals surface area contributed by atoms with E-state index in [9.17, 15) is 17.6 Å². The van der Waals surface area contributed by atoms with Crippen LogP contribution in [0.15, 0.2) is 47.4 Å². The second-order valence-electron chi connectivity index (χ2n) is 7.35. The Kier molecular flexibility index (Phi) is 5.38. The third-order valence-electron chi connectivity index (χ3n) is 5.13. The standard InChI is InChI=1S/C21H21FN4O3S/c1-30(28,29)16-9-6-14(7-10-16)21(27)23-18-13-15(8-11-17(18)22)20-25-24-19-5-3-2-4-12-26(19)20/h6-11,13H,2-5,12H2,1H3,(H,23,27). The van der Waals surface area contributed by atoms with E-state index in [2.05, 4.69) is 20.1 Å². The third kappa shape index (κ3) is 4.11. The van der Waals surface area contributed by atoms with E-state index in [0.717, 1.165) is 44.3 Å². The lowest BCUT2D eigenvalue weighted by molar-refractivity contribution is 0.102. The highest BCUT2D eigenvalue weighted by Crippen LogP contribution is 2.27. The zero-order valence-corrected chi connectivity index (χ0v) is 17.2. The lowest BCUT2D eigenvalue weighted by Crippen LogP contribution is -2.13. The van der Waals surface area contributed by atoms with E-state index in [1.807, 2.05) is 0 Å². The predicted molar refractivity (Wildman–Crippen MR) is 110 cm³/mol. The average molecular weight is 428 g/mol. The van der Waals surface area contributed by atoms with Crippen LogP contribution in [-0.4, -0.2) is 35.3 Å². The van der Waals surface area contributed by atoms with Crippen molar-refractivity contribution in [1.82, 2.24) is 14.8 Å². The maximum absolute atomic E-state index is 14.4. The Labute approximate surface area is 173 Å². The fourth-order valence-electron chi connectivity index (χ4n) is 3.51. The summed E-state index contributed by atoms with van der Waals surface area (Å²) in [4.78, 5) is 12.7. The number of aryl methyl sites for hydroxylation is 1. The first kappa shape index (κ1) is 20.2. The number of nitrogens with zero attached hydrogens (tertiary/aromatic N) is 3. The molecule has 0 saturated carbocycles. The van der Waals surface area contributed by atoms with Gasteiger partial charge in [0.1, 0.15) is 11.6 Å². The number of rotatable bonds is 4. The highest BCUT2D eigenvalue weighted by atomic mass is 32.2. The van der Waals surface area contributed by atoms with Gasteiger partial charge >= 0.3 is 0 Å². The van der Waals surface area contributed by atoms with Gasteiger partial charge in [-0.25, -0.2) is 12.8 Å². The summed E-state index contributed by atoms with van der Waals surface area (Å²) in [6, 6.07) is 9.94. The minimum Gasteiger partial charge on any atom is -0.319 e. The molecule has 1 N–H and O–H groups in total. The van der Waals surface area contributed by atoms with Crippen LogP contribution in [0, 0.1) is 5.82 Å². The Morgan fingerprint density at radius 3 is 2.57 bits per heavy atom. The number of carbonyl (C=O) groups is 1. The molecule has 0 bridgehead atoms. The maximum Gasteiger partial charge on any atom is 0.255 e. The van der Waals surface area contributed by atoms with Crippen LogP contribution in [0.1, 0.15) is 35.4 Å². The van der Waals surface area contributed by atoms with Crippen LogP contribution in [0.5, 0.6) is 0 Å². The first-order chi connectivity index (χ1) is 14.3. The van der Waals surface area contributed by atoms with Gasteiger partial charge in [0.25, 0.3) is 5.91 Å². The van der Waals surface area contributed by atoms with Crippen molar-refractivity contribution in [2.24, 2.45) is 0 Å². The second kappa shape index (κ2) is 7.98. The number of benzene rings is 2. The molecule has 0 radical (unpaired) electrons. The Morgan fingerprint density at radius 1 is 1.07 bits per heavy atom. The van der Waals surface area contributed by atoms with Crippen molar-refractivity contribution < 1.29 is 17.6 Å². The summed E-state index contributed by atoms with van der Waals surface area (Å²) in [5, 5.41) is 11.1. The highest BCUT2D eigenvalue weighted by molar-refractivity contribution is 7.90. The number of amides is 1. The zero-order valence-electron chi connectivity index (χ0n) is 16.4. The number of anilines is 1. The van der Waals surface area contributed by atoms with Gasteiger partial charge in [0, 0.05) is 30.3 Å². The Morgan fingerprint density at radius 2 is 1.83 bits per heavy atom. The number of aromatic nitrogens is 3. The van der Waals surface area contributed by atoms with Gasteiger partial charge in [-0.3, -0.25) is 4.79 Å². The van der Waals surface area contributed by atoms with Gasteiger partial charge in [-0.2, -0.15) is 0 Å². The summed E-state index contributed by atoms with van der Waals surface area (Å²) in [6.07, 6.45) is 5.19. The molecule has 0 unspecified atom stereocenters. The van der Waals surface area contributed by atoms with Crippen molar-refractivity contribution in [3.63, 3.8) is 0 Å². The quantitative estimate of drug-likeness (QED) is 0.687. The van der Waals surface area contributed by atoms with Gasteiger partial charge in [-0.1, -0.05) is 6.42 Å². The van der Waals surface area contributed by atoms with Crippen LogP contribution in [0.2, 0.25) is 0 Å². The minimum absolute atomic E-state index is 0.0238. The lowest BCUT2D eigenvalue weighted by atomic mass is 10.1. The molecule has 3 aromatic rings. The van der Waals surface area contributed by atoms with Crippen molar-refractivity contribution in [3.8, 4) is 11.4 Å². The molecule has 9 heteroatoms. The number of halogens is 1. The molecule has 0 aliphatic carbocycles. The highest BCUT2D eigenvalue weighted by Gasteiger charge is 2.18. The largest absolute Gasteiger partial charge is 0.319 e. The van der Waals surface area contributed by atoms with Crippen LogP contribution in [0.25, 0.3) is 11.4 Å². The molecule has 4 rings (SSSR count). The van der Waals surface area contributed by atoms with E-state index in [1.54, 1.807) is 12.1 Å². The minimum atomic E-state index is -3.36. The van der Waals surface area contributed by atoms with E-state index < -0.39 is 21.6 Å². The smallest absolute Gasteiger partial charge is 0.255 e. The summed E-state index contributed by atoms with van der Waals surface area (Å²) in [7, 11) is -3.36. The Hall–Kier alpha value is -3.07. The van der Waals surface area contributed by atoms with Crippen LogP contribution in [-0.2, 0) is 22.8 Å². The van der Waals surface area contributed by atoms with Crippen molar-refractivity contribution in [2.45, 2.75) is 37.1 Å². The van der Waals surface area contributed by atoms with Crippen molar-refractivity contribution in [1.29, 1.82) is 0 Å². The van der Waals surface area contributed by atoms with Gasteiger partial charge in [0.05, 0.1) is 10.6 Å². The lowest BCUT2D eigenvalue weighted by Gasteiger charge is -2.11. The SMILES string of the molecule is CS(=O)(=O)c1ccc(C(=O)Nc2cc(-c3nnc4n3CCCCC4)ccc2F)cc1. The topological polar surface area (TPSA) is 93.9 Å². The molecule has 0 spiro atoms. The Bertz CT molecular complexity index is 1200. The van der Waals surface area contributed by atoms with Crippen molar-refractivity contribution >= 4 is 21.4 Å². The van der Waals surface area contributed by atoms with Crippen LogP contribution >= 0.6 is 0 Å². The summed E-state index contributed by atoms with van der Waals surface area (Å²) < 4.78 is 39.5. The number of sulfone groups is 1. The molecule has 0 atom stereocenters. The van der Waals surface area contributed by atoms with Crippen LogP contribution < -0.4 is 5.32 Å². The molecule has 2 heterocycles. The summed E-state index contributed by atoms with van der Waals surface area (Å²) in [5.74, 6) is 0.463. The van der Waals surface area contributed by atoms with E-state index in [0.29, 0.717) is 11.4 Å². The fraction of sp³-hybridized carbons (Fsp3) is 0.286. The van der Waals surface area contributed by atoms with Crippen LogP contribution in [0.3, 0.4) is 0 Å². The average Bonchev–Trinajstić information content (AvgIpc) is 2.97. The Balaban J connectivity index is 1.60. The third-order valence-corrected chi connectivity index (χ3v) is 6.26. The molecule has 1 amide bonds. The summed E-state index contributed by atoms with van der Waals surface area (Å²) in [6.45, 7) is 0.809. The molecule has 30 heavy (non-hydrogen) atoms. The van der Waals surface area contributed by atoms with E-state index in [4.69, 9.17) is 0 Å². The number of carbonyl (C=O) groups excluding carboxylic acids is 1. The molecule has 156 valence electrons. The summed E-state index contributed by atoms with van der Waals surface area (Å²) >= 11 is 0. The normalized spacial score (nSPS) is 14.1. The molecule has 1 aromatic heterocycles. The molecule has 0 fully saturated rings. The summed E-state index contributed by atoms with van der Waals surface area (Å²) in [5.41, 5.74) is 0.916. The first-order valence-corrected chi connectivity index (χ1v) is 11.6. The fourth-order valence-corrected chi connectivity index (χ4v) is 4.14. The van der Waals surface area contributed by atoms with Gasteiger partial charge in [-0.15, -0.1) is 10.2 Å².